The molecule has 0 aliphatic rings. The van der Waals surface area contributed by atoms with E-state index in [1.54, 1.807) is 6.07 Å². The van der Waals surface area contributed by atoms with E-state index >= 15 is 0 Å². The molecule has 1 aromatic carbocycles. The van der Waals surface area contributed by atoms with Crippen molar-refractivity contribution in [1.82, 2.24) is 0 Å². The summed E-state index contributed by atoms with van der Waals surface area (Å²) in [4.78, 5) is 0. The highest BCUT2D eigenvalue weighted by molar-refractivity contribution is 14.1. The highest BCUT2D eigenvalue weighted by Gasteiger charge is 2.12. The van der Waals surface area contributed by atoms with Crippen molar-refractivity contribution in [2.75, 3.05) is 0 Å². The van der Waals surface area contributed by atoms with Crippen molar-refractivity contribution < 1.29 is 4.39 Å². The van der Waals surface area contributed by atoms with Crippen LogP contribution in [-0.4, -0.2) is 0 Å². The van der Waals surface area contributed by atoms with Crippen LogP contribution in [0.5, 0.6) is 0 Å². The van der Waals surface area contributed by atoms with Crippen LogP contribution >= 0.6 is 35.0 Å². The van der Waals surface area contributed by atoms with Crippen LogP contribution in [0.25, 0.3) is 0 Å². The van der Waals surface area contributed by atoms with Gasteiger partial charge in [0.2, 0.25) is 0 Å². The van der Waals surface area contributed by atoms with Gasteiger partial charge in [-0.05, 0) is 59.5 Å². The van der Waals surface area contributed by atoms with Crippen molar-refractivity contribution in [1.29, 1.82) is 0 Å². The second-order valence-corrected chi connectivity index (χ2v) is 5.49. The van der Waals surface area contributed by atoms with Gasteiger partial charge in [0.05, 0.1) is 0 Å². The first-order valence-corrected chi connectivity index (χ1v) is 6.29. The zero-order valence-electron chi connectivity index (χ0n) is 9.54. The van der Waals surface area contributed by atoms with Gasteiger partial charge >= 0.3 is 0 Å². The molecule has 0 aliphatic heterocycles. The van der Waals surface area contributed by atoms with Crippen LogP contribution in [0, 0.1) is 15.3 Å². The van der Waals surface area contributed by atoms with Gasteiger partial charge in [-0.15, -0.1) is 12.4 Å². The van der Waals surface area contributed by atoms with E-state index in [1.807, 2.05) is 6.07 Å². The molecule has 92 valence electrons. The molecule has 0 amide bonds. The predicted molar refractivity (Wildman–Crippen MR) is 77.4 cm³/mol. The summed E-state index contributed by atoms with van der Waals surface area (Å²) in [7, 11) is 0. The number of rotatable bonds is 4. The molecule has 0 heterocycles. The minimum atomic E-state index is -0.188. The number of halogens is 3. The van der Waals surface area contributed by atoms with Gasteiger partial charge in [-0.1, -0.05) is 13.8 Å². The van der Waals surface area contributed by atoms with Crippen LogP contribution in [0.2, 0.25) is 0 Å². The molecule has 1 nitrogen and oxygen atoms in total. The van der Waals surface area contributed by atoms with Gasteiger partial charge in [-0.3, -0.25) is 0 Å². The Bertz CT molecular complexity index is 331. The summed E-state index contributed by atoms with van der Waals surface area (Å²) in [5.41, 5.74) is 6.61. The van der Waals surface area contributed by atoms with E-state index in [9.17, 15) is 4.39 Å². The molecule has 1 atom stereocenters. The fraction of sp³-hybridized carbons (Fsp3) is 0.500. The number of nitrogens with two attached hydrogens (primary N) is 1. The van der Waals surface area contributed by atoms with Crippen molar-refractivity contribution >= 4 is 35.0 Å². The largest absolute Gasteiger partial charge is 0.324 e. The average molecular weight is 358 g/mol. The lowest BCUT2D eigenvalue weighted by Gasteiger charge is -2.14. The molecule has 0 unspecified atom stereocenters. The lowest BCUT2D eigenvalue weighted by molar-refractivity contribution is 0.491. The summed E-state index contributed by atoms with van der Waals surface area (Å²) < 4.78 is 14.5. The van der Waals surface area contributed by atoms with Crippen LogP contribution in [0.4, 0.5) is 4.39 Å². The van der Waals surface area contributed by atoms with Crippen molar-refractivity contribution in [3.05, 3.63) is 33.1 Å². The van der Waals surface area contributed by atoms with E-state index in [1.165, 1.54) is 6.07 Å². The SMILES string of the molecule is CC(C)CC[C@H](N)c1cc(I)ccc1F.Cl. The van der Waals surface area contributed by atoms with E-state index in [2.05, 4.69) is 36.4 Å². The van der Waals surface area contributed by atoms with Gasteiger partial charge in [-0.25, -0.2) is 4.39 Å². The highest BCUT2D eigenvalue weighted by atomic mass is 127. The second kappa shape index (κ2) is 7.45. The topological polar surface area (TPSA) is 26.0 Å². The van der Waals surface area contributed by atoms with Gasteiger partial charge < -0.3 is 5.73 Å². The van der Waals surface area contributed by atoms with Gasteiger partial charge in [0.1, 0.15) is 5.82 Å². The maximum Gasteiger partial charge on any atom is 0.128 e. The van der Waals surface area contributed by atoms with Crippen molar-refractivity contribution in [2.45, 2.75) is 32.7 Å². The van der Waals surface area contributed by atoms with Crippen LogP contribution in [0.3, 0.4) is 0 Å². The van der Waals surface area contributed by atoms with Crippen molar-refractivity contribution in [2.24, 2.45) is 11.7 Å². The third-order valence-electron chi connectivity index (χ3n) is 2.41. The molecule has 0 radical (unpaired) electrons. The van der Waals surface area contributed by atoms with Crippen LogP contribution in [0.15, 0.2) is 18.2 Å². The number of hydrogen-bond donors (Lipinski definition) is 1. The van der Waals surface area contributed by atoms with E-state index in [0.29, 0.717) is 11.5 Å². The Balaban J connectivity index is 0.00000225. The highest BCUT2D eigenvalue weighted by Crippen LogP contribution is 2.23. The molecule has 2 N–H and O–H groups in total. The molecular formula is C12H18ClFIN. The molecule has 1 aromatic rings. The van der Waals surface area contributed by atoms with Gasteiger partial charge in [-0.2, -0.15) is 0 Å². The molecule has 16 heavy (non-hydrogen) atoms. The first-order valence-electron chi connectivity index (χ1n) is 5.21. The third kappa shape index (κ3) is 4.97. The molecule has 4 heteroatoms. The average Bonchev–Trinajstić information content (AvgIpc) is 2.18. The summed E-state index contributed by atoms with van der Waals surface area (Å²) in [6.07, 6.45) is 1.88. The number of benzene rings is 1. The summed E-state index contributed by atoms with van der Waals surface area (Å²) >= 11 is 2.18. The fourth-order valence-corrected chi connectivity index (χ4v) is 1.98. The summed E-state index contributed by atoms with van der Waals surface area (Å²) in [5.74, 6) is 0.425. The maximum absolute atomic E-state index is 13.5. The minimum absolute atomic E-state index is 0. The Morgan fingerprint density at radius 2 is 1.94 bits per heavy atom. The minimum Gasteiger partial charge on any atom is -0.324 e. The Hall–Kier alpha value is 0.130. The molecule has 0 saturated heterocycles. The lowest BCUT2D eigenvalue weighted by atomic mass is 9.98. The van der Waals surface area contributed by atoms with E-state index < -0.39 is 0 Å². The predicted octanol–water partition coefficient (Wildman–Crippen LogP) is 4.29. The molecule has 0 bridgehead atoms. The Morgan fingerprint density at radius 3 is 2.50 bits per heavy atom. The monoisotopic (exact) mass is 357 g/mol. The fourth-order valence-electron chi connectivity index (χ4n) is 1.47. The van der Waals surface area contributed by atoms with Crippen molar-refractivity contribution in [3.8, 4) is 0 Å². The second-order valence-electron chi connectivity index (χ2n) is 4.24. The van der Waals surface area contributed by atoms with Crippen LogP contribution < -0.4 is 5.73 Å². The zero-order valence-corrected chi connectivity index (χ0v) is 12.5. The quantitative estimate of drug-likeness (QED) is 0.799. The molecule has 0 aromatic heterocycles. The zero-order chi connectivity index (χ0) is 11.4. The Morgan fingerprint density at radius 1 is 1.31 bits per heavy atom. The van der Waals surface area contributed by atoms with Crippen LogP contribution in [-0.2, 0) is 0 Å². The van der Waals surface area contributed by atoms with Crippen LogP contribution in [0.1, 0.15) is 38.3 Å². The van der Waals surface area contributed by atoms with E-state index in [0.717, 1.165) is 16.4 Å². The molecular weight excluding hydrogens is 339 g/mol. The van der Waals surface area contributed by atoms with E-state index in [4.69, 9.17) is 5.73 Å². The van der Waals surface area contributed by atoms with Gasteiger partial charge in [0, 0.05) is 15.2 Å². The molecule has 0 saturated carbocycles. The van der Waals surface area contributed by atoms with Crippen molar-refractivity contribution in [3.63, 3.8) is 0 Å². The standard InChI is InChI=1S/C12H17FIN.ClH/c1-8(2)3-6-12(15)10-7-9(14)4-5-11(10)13;/h4-5,7-8,12H,3,6,15H2,1-2H3;1H/t12-;/m0./s1. The maximum atomic E-state index is 13.5. The summed E-state index contributed by atoms with van der Waals surface area (Å²) in [5, 5.41) is 0. The summed E-state index contributed by atoms with van der Waals surface area (Å²) in [6.45, 7) is 4.30. The third-order valence-corrected chi connectivity index (χ3v) is 3.08. The molecule has 0 aliphatic carbocycles. The lowest BCUT2D eigenvalue weighted by Crippen LogP contribution is -2.13. The molecule has 1 rings (SSSR count). The Labute approximate surface area is 117 Å². The van der Waals surface area contributed by atoms with Gasteiger partial charge in [0.15, 0.2) is 0 Å². The number of hydrogen-bond acceptors (Lipinski definition) is 1. The Kier molecular flexibility index (Phi) is 7.52. The first kappa shape index (κ1) is 16.1. The molecule has 0 fully saturated rings. The van der Waals surface area contributed by atoms with E-state index in [-0.39, 0.29) is 24.3 Å². The van der Waals surface area contributed by atoms with Gasteiger partial charge in [0.25, 0.3) is 0 Å². The summed E-state index contributed by atoms with van der Waals surface area (Å²) in [6, 6.07) is 4.91. The smallest absolute Gasteiger partial charge is 0.128 e. The molecule has 0 spiro atoms. The first-order chi connectivity index (χ1) is 7.00. The normalized spacial score (nSPS) is 12.4.